The molecular formula is C21H23ClN2O3. The Labute approximate surface area is 163 Å². The van der Waals surface area contributed by atoms with Crippen molar-refractivity contribution in [1.29, 1.82) is 0 Å². The van der Waals surface area contributed by atoms with E-state index in [9.17, 15) is 9.59 Å². The van der Waals surface area contributed by atoms with Crippen molar-refractivity contribution in [2.45, 2.75) is 19.3 Å². The molecule has 27 heavy (non-hydrogen) atoms. The fraction of sp³-hybridized carbons (Fsp3) is 0.333. The van der Waals surface area contributed by atoms with Crippen LogP contribution in [0.1, 0.15) is 19.3 Å². The highest BCUT2D eigenvalue weighted by Gasteiger charge is 2.27. The van der Waals surface area contributed by atoms with E-state index in [1.165, 1.54) is 0 Å². The van der Waals surface area contributed by atoms with E-state index in [-0.39, 0.29) is 30.8 Å². The number of hydrogen-bond donors (Lipinski definition) is 2. The summed E-state index contributed by atoms with van der Waals surface area (Å²) in [5.74, 6) is -0.184. The van der Waals surface area contributed by atoms with Gasteiger partial charge in [0.1, 0.15) is 0 Å². The Kier molecular flexibility index (Phi) is 6.48. The SMILES string of the molecule is O=C(Nc1cccc(-c2cccc(Cl)c2)c1)C1CCN(C(=O)CCO)CC1. The lowest BCUT2D eigenvalue weighted by molar-refractivity contribution is -0.135. The van der Waals surface area contributed by atoms with Gasteiger partial charge in [0.25, 0.3) is 0 Å². The lowest BCUT2D eigenvalue weighted by Crippen LogP contribution is -2.41. The first-order chi connectivity index (χ1) is 13.1. The van der Waals surface area contributed by atoms with Gasteiger partial charge >= 0.3 is 0 Å². The van der Waals surface area contributed by atoms with E-state index in [0.29, 0.717) is 31.0 Å². The first kappa shape index (κ1) is 19.4. The number of hydrogen-bond acceptors (Lipinski definition) is 3. The summed E-state index contributed by atoms with van der Waals surface area (Å²) < 4.78 is 0. The Balaban J connectivity index is 1.60. The third-order valence-corrected chi connectivity index (χ3v) is 5.07. The number of halogens is 1. The Morgan fingerprint density at radius 1 is 1.07 bits per heavy atom. The van der Waals surface area contributed by atoms with Crippen molar-refractivity contribution in [2.24, 2.45) is 5.92 Å². The van der Waals surface area contributed by atoms with Crippen LogP contribution in [-0.2, 0) is 9.59 Å². The minimum Gasteiger partial charge on any atom is -0.396 e. The second-order valence-electron chi connectivity index (χ2n) is 6.71. The first-order valence-electron chi connectivity index (χ1n) is 9.12. The van der Waals surface area contributed by atoms with Gasteiger partial charge in [0.2, 0.25) is 11.8 Å². The van der Waals surface area contributed by atoms with Gasteiger partial charge in [-0.1, -0.05) is 35.9 Å². The second kappa shape index (κ2) is 9.02. The molecule has 0 atom stereocenters. The molecule has 2 amide bonds. The van der Waals surface area contributed by atoms with E-state index < -0.39 is 0 Å². The quantitative estimate of drug-likeness (QED) is 0.825. The highest BCUT2D eigenvalue weighted by Crippen LogP contribution is 2.26. The number of nitrogens with one attached hydrogen (secondary N) is 1. The Morgan fingerprint density at radius 2 is 1.74 bits per heavy atom. The van der Waals surface area contributed by atoms with Crippen LogP contribution in [0.15, 0.2) is 48.5 Å². The molecule has 2 N–H and O–H groups in total. The molecule has 2 aromatic rings. The molecule has 5 nitrogen and oxygen atoms in total. The maximum Gasteiger partial charge on any atom is 0.227 e. The van der Waals surface area contributed by atoms with Crippen molar-refractivity contribution >= 4 is 29.1 Å². The van der Waals surface area contributed by atoms with Crippen molar-refractivity contribution < 1.29 is 14.7 Å². The van der Waals surface area contributed by atoms with Crippen LogP contribution in [0.25, 0.3) is 11.1 Å². The van der Waals surface area contributed by atoms with Gasteiger partial charge in [-0.3, -0.25) is 9.59 Å². The standard InChI is InChI=1S/C21H23ClN2O3/c22-18-5-1-3-16(13-18)17-4-2-6-19(14-17)23-21(27)15-7-10-24(11-8-15)20(26)9-12-25/h1-6,13-15,25H,7-12H2,(H,23,27). The topological polar surface area (TPSA) is 69.6 Å². The molecule has 0 aromatic heterocycles. The van der Waals surface area contributed by atoms with E-state index in [1.54, 1.807) is 4.90 Å². The van der Waals surface area contributed by atoms with Gasteiger partial charge in [-0.25, -0.2) is 0 Å². The van der Waals surface area contributed by atoms with Crippen LogP contribution in [-0.4, -0.2) is 41.5 Å². The maximum absolute atomic E-state index is 12.6. The third kappa shape index (κ3) is 5.08. The van der Waals surface area contributed by atoms with Gasteiger partial charge in [0, 0.05) is 36.1 Å². The molecule has 1 aliphatic rings. The fourth-order valence-electron chi connectivity index (χ4n) is 3.33. The molecule has 1 aliphatic heterocycles. The number of rotatable bonds is 5. The predicted octanol–water partition coefficient (Wildman–Crippen LogP) is 3.57. The molecular weight excluding hydrogens is 364 g/mol. The average molecular weight is 387 g/mol. The summed E-state index contributed by atoms with van der Waals surface area (Å²) in [6.45, 7) is 0.973. The molecule has 0 aliphatic carbocycles. The molecule has 0 radical (unpaired) electrons. The zero-order chi connectivity index (χ0) is 19.2. The number of piperidine rings is 1. The number of aliphatic hydroxyl groups is 1. The van der Waals surface area contributed by atoms with Gasteiger partial charge < -0.3 is 15.3 Å². The third-order valence-electron chi connectivity index (χ3n) is 4.83. The van der Waals surface area contributed by atoms with E-state index in [2.05, 4.69) is 5.32 Å². The van der Waals surface area contributed by atoms with Crippen LogP contribution < -0.4 is 5.32 Å². The van der Waals surface area contributed by atoms with Gasteiger partial charge in [-0.05, 0) is 48.2 Å². The number of likely N-dealkylation sites (tertiary alicyclic amines) is 1. The number of benzene rings is 2. The zero-order valence-electron chi connectivity index (χ0n) is 15.0. The van der Waals surface area contributed by atoms with Gasteiger partial charge in [0.05, 0.1) is 6.61 Å². The van der Waals surface area contributed by atoms with Gasteiger partial charge in [0.15, 0.2) is 0 Å². The number of anilines is 1. The second-order valence-corrected chi connectivity index (χ2v) is 7.15. The summed E-state index contributed by atoms with van der Waals surface area (Å²) >= 11 is 6.06. The highest BCUT2D eigenvalue weighted by atomic mass is 35.5. The molecule has 1 heterocycles. The largest absolute Gasteiger partial charge is 0.396 e. The summed E-state index contributed by atoms with van der Waals surface area (Å²) in [6.07, 6.45) is 1.42. The van der Waals surface area contributed by atoms with E-state index >= 15 is 0 Å². The molecule has 0 bridgehead atoms. The van der Waals surface area contributed by atoms with E-state index in [1.807, 2.05) is 48.5 Å². The summed E-state index contributed by atoms with van der Waals surface area (Å²) in [5, 5.41) is 12.5. The van der Waals surface area contributed by atoms with E-state index in [4.69, 9.17) is 16.7 Å². The predicted molar refractivity (Wildman–Crippen MR) is 107 cm³/mol. The van der Waals surface area contributed by atoms with Crippen LogP contribution in [0.3, 0.4) is 0 Å². The van der Waals surface area contributed by atoms with Crippen LogP contribution >= 0.6 is 11.6 Å². The van der Waals surface area contributed by atoms with Gasteiger partial charge in [-0.2, -0.15) is 0 Å². The molecule has 0 unspecified atom stereocenters. The molecule has 1 fully saturated rings. The molecule has 0 saturated carbocycles. The summed E-state index contributed by atoms with van der Waals surface area (Å²) in [7, 11) is 0. The Bertz CT molecular complexity index is 817. The number of carbonyl (C=O) groups excluding carboxylic acids is 2. The van der Waals surface area contributed by atoms with Gasteiger partial charge in [-0.15, -0.1) is 0 Å². The van der Waals surface area contributed by atoms with E-state index in [0.717, 1.165) is 16.8 Å². The van der Waals surface area contributed by atoms with Crippen LogP contribution in [0.4, 0.5) is 5.69 Å². The van der Waals surface area contributed by atoms with Crippen molar-refractivity contribution in [2.75, 3.05) is 25.0 Å². The van der Waals surface area contributed by atoms with Crippen molar-refractivity contribution in [3.8, 4) is 11.1 Å². The van der Waals surface area contributed by atoms with Crippen LogP contribution in [0.5, 0.6) is 0 Å². The summed E-state index contributed by atoms with van der Waals surface area (Å²) in [4.78, 5) is 26.1. The molecule has 142 valence electrons. The fourth-order valence-corrected chi connectivity index (χ4v) is 3.52. The zero-order valence-corrected chi connectivity index (χ0v) is 15.8. The smallest absolute Gasteiger partial charge is 0.227 e. The van der Waals surface area contributed by atoms with Crippen molar-refractivity contribution in [1.82, 2.24) is 4.90 Å². The van der Waals surface area contributed by atoms with Crippen LogP contribution in [0.2, 0.25) is 5.02 Å². The summed E-state index contributed by atoms with van der Waals surface area (Å²) in [6, 6.07) is 15.3. The average Bonchev–Trinajstić information content (AvgIpc) is 2.68. The molecule has 0 spiro atoms. The van der Waals surface area contributed by atoms with Crippen LogP contribution in [0, 0.1) is 5.92 Å². The van der Waals surface area contributed by atoms with Crippen molar-refractivity contribution in [3.63, 3.8) is 0 Å². The first-order valence-corrected chi connectivity index (χ1v) is 9.50. The monoisotopic (exact) mass is 386 g/mol. The number of aliphatic hydroxyl groups excluding tert-OH is 1. The molecule has 3 rings (SSSR count). The lowest BCUT2D eigenvalue weighted by atomic mass is 9.95. The lowest BCUT2D eigenvalue weighted by Gasteiger charge is -2.31. The molecule has 1 saturated heterocycles. The minimum atomic E-state index is -0.137. The molecule has 2 aromatic carbocycles. The highest BCUT2D eigenvalue weighted by molar-refractivity contribution is 6.30. The minimum absolute atomic E-state index is 0.0208. The maximum atomic E-state index is 12.6. The molecule has 6 heteroatoms. The normalized spacial score (nSPS) is 14.8. The number of nitrogens with zero attached hydrogens (tertiary/aromatic N) is 1. The number of amides is 2. The van der Waals surface area contributed by atoms with Crippen molar-refractivity contribution in [3.05, 3.63) is 53.6 Å². The summed E-state index contributed by atoms with van der Waals surface area (Å²) in [5.41, 5.74) is 2.73. The number of carbonyl (C=O) groups is 2. The Hall–Kier alpha value is -2.37. The Morgan fingerprint density at radius 3 is 2.41 bits per heavy atom.